The van der Waals surface area contributed by atoms with E-state index in [1.807, 2.05) is 57.2 Å². The number of rotatable bonds is 12. The molecule has 186 valence electrons. The average molecular weight is 515 g/mol. The maximum Gasteiger partial charge on any atom is 0.350 e. The van der Waals surface area contributed by atoms with Crippen LogP contribution in [0.4, 0.5) is 0 Å². The van der Waals surface area contributed by atoms with Crippen molar-refractivity contribution in [3.05, 3.63) is 93.8 Å². The molecule has 0 spiro atoms. The molecular formula is C27H32Cl2N4O2. The topological polar surface area (TPSA) is 61.4 Å². The monoisotopic (exact) mass is 514 g/mol. The Labute approximate surface area is 217 Å². The Hall–Kier alpha value is -3.09. The molecule has 0 atom stereocenters. The molecule has 0 N–H and O–H groups in total. The molecule has 1 aromatic heterocycles. The van der Waals surface area contributed by atoms with Crippen LogP contribution in [0.2, 0.25) is 0 Å². The summed E-state index contributed by atoms with van der Waals surface area (Å²) < 4.78 is 8.83. The molecule has 8 heteroatoms. The second-order valence-electron chi connectivity index (χ2n) is 8.01. The summed E-state index contributed by atoms with van der Waals surface area (Å²) in [4.78, 5) is 17.5. The second kappa shape index (κ2) is 14.3. The molecule has 1 heterocycles. The van der Waals surface area contributed by atoms with Crippen molar-refractivity contribution in [2.24, 2.45) is 4.99 Å². The van der Waals surface area contributed by atoms with Crippen LogP contribution < -0.4 is 10.4 Å². The summed E-state index contributed by atoms with van der Waals surface area (Å²) in [6.45, 7) is 11.7. The molecule has 0 fully saturated rings. The standard InChI is InChI=1S/C27H32Cl2N4O2/c1-6-23(29)11-9-7-8-10-18-32-27(34)33(24-12-14-25(15-13-24)35-20(2)3)26(31-32)21(4)16-17-30-19-22(5)28/h6-7,9,11-17,19-20H,1,8,10,18H2,2-5H3/b9-7+,21-16+,22-19+,23-11+,30-17+. The van der Waals surface area contributed by atoms with E-state index in [9.17, 15) is 4.79 Å². The van der Waals surface area contributed by atoms with E-state index in [2.05, 4.69) is 16.7 Å². The predicted octanol–water partition coefficient (Wildman–Crippen LogP) is 7.04. The van der Waals surface area contributed by atoms with Crippen molar-refractivity contribution in [2.45, 2.75) is 53.2 Å². The van der Waals surface area contributed by atoms with Crippen molar-refractivity contribution in [1.29, 1.82) is 0 Å². The van der Waals surface area contributed by atoms with E-state index in [0.717, 1.165) is 24.2 Å². The Morgan fingerprint density at radius 1 is 1.20 bits per heavy atom. The Kier molecular flexibility index (Phi) is 11.5. The highest BCUT2D eigenvalue weighted by Gasteiger charge is 2.16. The van der Waals surface area contributed by atoms with Crippen LogP contribution >= 0.6 is 23.2 Å². The third-order valence-corrected chi connectivity index (χ3v) is 5.03. The zero-order chi connectivity index (χ0) is 25.8. The molecule has 0 bridgehead atoms. The minimum absolute atomic E-state index is 0.0642. The summed E-state index contributed by atoms with van der Waals surface area (Å²) in [6.07, 6.45) is 13.8. The number of aryl methyl sites for hydroxylation is 1. The van der Waals surface area contributed by atoms with Crippen LogP contribution in [0.15, 0.2) is 87.3 Å². The van der Waals surface area contributed by atoms with Gasteiger partial charge in [-0.05, 0) is 82.5 Å². The fourth-order valence-electron chi connectivity index (χ4n) is 3.05. The van der Waals surface area contributed by atoms with Gasteiger partial charge in [-0.15, -0.1) is 5.10 Å². The van der Waals surface area contributed by atoms with Crippen molar-refractivity contribution in [3.63, 3.8) is 0 Å². The highest BCUT2D eigenvalue weighted by molar-refractivity contribution is 6.31. The first-order valence-corrected chi connectivity index (χ1v) is 12.1. The van der Waals surface area contributed by atoms with E-state index in [1.165, 1.54) is 4.68 Å². The third-order valence-electron chi connectivity index (χ3n) is 4.65. The number of hydrogen-bond donors (Lipinski definition) is 0. The quantitative estimate of drug-likeness (QED) is 0.173. The van der Waals surface area contributed by atoms with E-state index in [0.29, 0.717) is 28.1 Å². The Balaban J connectivity index is 2.35. The minimum atomic E-state index is -0.211. The largest absolute Gasteiger partial charge is 0.491 e. The summed E-state index contributed by atoms with van der Waals surface area (Å²) in [6, 6.07) is 7.41. The summed E-state index contributed by atoms with van der Waals surface area (Å²) in [7, 11) is 0. The molecular weight excluding hydrogens is 483 g/mol. The number of hydrogen-bond acceptors (Lipinski definition) is 4. The van der Waals surface area contributed by atoms with E-state index in [-0.39, 0.29) is 11.8 Å². The van der Waals surface area contributed by atoms with Gasteiger partial charge >= 0.3 is 5.69 Å². The van der Waals surface area contributed by atoms with Crippen molar-refractivity contribution in [3.8, 4) is 11.4 Å². The fraction of sp³-hybridized carbons (Fsp3) is 0.296. The van der Waals surface area contributed by atoms with Crippen LogP contribution in [-0.2, 0) is 6.54 Å². The number of unbranched alkanes of at least 4 members (excludes halogenated alkanes) is 1. The Morgan fingerprint density at radius 2 is 1.91 bits per heavy atom. The summed E-state index contributed by atoms with van der Waals surface area (Å²) in [5, 5.41) is 5.78. The van der Waals surface area contributed by atoms with Crippen LogP contribution in [0.1, 0.15) is 46.4 Å². The van der Waals surface area contributed by atoms with Gasteiger partial charge in [-0.3, -0.25) is 4.99 Å². The first-order valence-electron chi connectivity index (χ1n) is 11.4. The molecule has 1 aromatic carbocycles. The van der Waals surface area contributed by atoms with Crippen molar-refractivity contribution >= 4 is 35.0 Å². The number of aromatic nitrogens is 3. The maximum absolute atomic E-state index is 13.3. The highest BCUT2D eigenvalue weighted by Crippen LogP contribution is 2.19. The van der Waals surface area contributed by atoms with Crippen LogP contribution in [-0.4, -0.2) is 26.7 Å². The van der Waals surface area contributed by atoms with Gasteiger partial charge in [-0.25, -0.2) is 14.0 Å². The molecule has 0 unspecified atom stereocenters. The lowest BCUT2D eigenvalue weighted by Gasteiger charge is -2.11. The fourth-order valence-corrected chi connectivity index (χ4v) is 3.17. The van der Waals surface area contributed by atoms with E-state index < -0.39 is 0 Å². The van der Waals surface area contributed by atoms with Gasteiger partial charge in [0.15, 0.2) is 5.82 Å². The predicted molar refractivity (Wildman–Crippen MR) is 148 cm³/mol. The number of benzene rings is 1. The van der Waals surface area contributed by atoms with Gasteiger partial charge in [0.2, 0.25) is 0 Å². The number of allylic oxidation sites excluding steroid dienone is 8. The molecule has 2 aromatic rings. The van der Waals surface area contributed by atoms with Gasteiger partial charge in [0.1, 0.15) is 5.75 Å². The summed E-state index contributed by atoms with van der Waals surface area (Å²) in [5.74, 6) is 1.28. The average Bonchev–Trinajstić information content (AvgIpc) is 3.14. The molecule has 2 rings (SSSR count). The van der Waals surface area contributed by atoms with Gasteiger partial charge in [-0.2, -0.15) is 0 Å². The van der Waals surface area contributed by atoms with Crippen molar-refractivity contribution < 1.29 is 4.74 Å². The highest BCUT2D eigenvalue weighted by atomic mass is 35.5. The van der Waals surface area contributed by atoms with Crippen LogP contribution in [0.25, 0.3) is 11.3 Å². The van der Waals surface area contributed by atoms with Crippen molar-refractivity contribution in [2.75, 3.05) is 0 Å². The number of halogens is 2. The third kappa shape index (κ3) is 9.23. The number of ether oxygens (including phenoxy) is 1. The molecule has 6 nitrogen and oxygen atoms in total. The van der Waals surface area contributed by atoms with Crippen LogP contribution in [0.3, 0.4) is 0 Å². The number of nitrogens with zero attached hydrogens (tertiary/aromatic N) is 4. The lowest BCUT2D eigenvalue weighted by atomic mass is 10.2. The SMILES string of the molecule is C=C/C(Cl)=C\C=C\CCCn1nc(/C(C)=C/C=N/C=C(\C)Cl)n(-c2ccc(OC(C)C)cc2)c1=O. The maximum atomic E-state index is 13.3. The van der Waals surface area contributed by atoms with E-state index in [4.69, 9.17) is 27.9 Å². The zero-order valence-electron chi connectivity index (χ0n) is 20.6. The molecule has 35 heavy (non-hydrogen) atoms. The van der Waals surface area contributed by atoms with E-state index >= 15 is 0 Å². The van der Waals surface area contributed by atoms with Gasteiger partial charge in [0.05, 0.1) is 11.8 Å². The van der Waals surface area contributed by atoms with E-state index in [1.54, 1.807) is 42.1 Å². The van der Waals surface area contributed by atoms with Gasteiger partial charge < -0.3 is 4.74 Å². The Morgan fingerprint density at radius 3 is 2.54 bits per heavy atom. The van der Waals surface area contributed by atoms with Gasteiger partial charge in [-0.1, -0.05) is 48.0 Å². The first kappa shape index (κ1) is 28.1. The van der Waals surface area contributed by atoms with Crippen LogP contribution in [0.5, 0.6) is 5.75 Å². The lowest BCUT2D eigenvalue weighted by Crippen LogP contribution is -2.24. The molecule has 0 saturated heterocycles. The molecule has 0 amide bonds. The van der Waals surface area contributed by atoms with Crippen LogP contribution in [0, 0.1) is 0 Å². The zero-order valence-corrected chi connectivity index (χ0v) is 22.1. The molecule has 0 aliphatic heterocycles. The first-order chi connectivity index (χ1) is 16.7. The lowest BCUT2D eigenvalue weighted by molar-refractivity contribution is 0.242. The summed E-state index contributed by atoms with van der Waals surface area (Å²) >= 11 is 11.7. The number of aliphatic imine (C=N–C) groups is 1. The van der Waals surface area contributed by atoms with Gasteiger partial charge in [0.25, 0.3) is 0 Å². The molecule has 0 aliphatic rings. The molecule has 0 saturated carbocycles. The smallest absolute Gasteiger partial charge is 0.350 e. The minimum Gasteiger partial charge on any atom is -0.491 e. The molecule has 0 aliphatic carbocycles. The summed E-state index contributed by atoms with van der Waals surface area (Å²) in [5.41, 5.74) is 1.28. The normalized spacial score (nSPS) is 13.4. The van der Waals surface area contributed by atoms with Crippen molar-refractivity contribution in [1.82, 2.24) is 14.3 Å². The molecule has 0 radical (unpaired) electrons. The van der Waals surface area contributed by atoms with Gasteiger partial charge in [0, 0.05) is 29.0 Å². The Bertz CT molecular complexity index is 1190. The second-order valence-corrected chi connectivity index (χ2v) is 9.05.